The van der Waals surface area contributed by atoms with Crippen LogP contribution in [0.4, 0.5) is 5.88 Å². The van der Waals surface area contributed by atoms with Crippen LogP contribution >= 0.6 is 0 Å². The summed E-state index contributed by atoms with van der Waals surface area (Å²) >= 11 is 0. The molecule has 1 aromatic heterocycles. The Kier molecular flexibility index (Phi) is 9.00. The summed E-state index contributed by atoms with van der Waals surface area (Å²) in [5.74, 6) is 4.03. The monoisotopic (exact) mass is 467 g/mol. The third-order valence-corrected chi connectivity index (χ3v) is 6.72. The van der Waals surface area contributed by atoms with Crippen molar-refractivity contribution in [3.05, 3.63) is 35.9 Å². The van der Waals surface area contributed by atoms with Crippen LogP contribution in [0.15, 0.2) is 34.9 Å². The Hall–Kier alpha value is -2.37. The van der Waals surface area contributed by atoms with Crippen molar-refractivity contribution in [1.29, 1.82) is 0 Å². The van der Waals surface area contributed by atoms with Gasteiger partial charge in [-0.1, -0.05) is 48.3 Å². The van der Waals surface area contributed by atoms with Crippen molar-refractivity contribution in [3.63, 3.8) is 0 Å². The zero-order chi connectivity index (χ0) is 23.8. The number of hydrogen-bond donors (Lipinski definition) is 1. The first-order valence-electron chi connectivity index (χ1n) is 12.5. The van der Waals surface area contributed by atoms with Gasteiger partial charge in [0.2, 0.25) is 5.88 Å². The van der Waals surface area contributed by atoms with E-state index < -0.39 is 6.10 Å². The molecule has 0 amide bonds. The smallest absolute Gasteiger partial charge is 0.232 e. The highest BCUT2D eigenvalue weighted by Gasteiger charge is 2.29. The minimum atomic E-state index is -0.644. The molecule has 0 aliphatic carbocycles. The maximum Gasteiger partial charge on any atom is 0.232 e. The Morgan fingerprint density at radius 3 is 2.76 bits per heavy atom. The molecule has 1 aromatic carbocycles. The average Bonchev–Trinajstić information content (AvgIpc) is 3.50. The Morgan fingerprint density at radius 2 is 2.06 bits per heavy atom. The predicted octanol–water partition coefficient (Wildman–Crippen LogP) is 3.57. The van der Waals surface area contributed by atoms with Crippen LogP contribution in [0.25, 0.3) is 11.3 Å². The zero-order valence-electron chi connectivity index (χ0n) is 20.2. The summed E-state index contributed by atoms with van der Waals surface area (Å²) in [6.45, 7) is 7.25. The second-order valence-corrected chi connectivity index (χ2v) is 9.55. The van der Waals surface area contributed by atoms with Crippen molar-refractivity contribution in [2.24, 2.45) is 5.92 Å². The summed E-state index contributed by atoms with van der Waals surface area (Å²) in [5.41, 5.74) is 2.97. The Labute approximate surface area is 203 Å². The first-order valence-corrected chi connectivity index (χ1v) is 12.5. The molecule has 7 heteroatoms. The molecule has 34 heavy (non-hydrogen) atoms. The minimum absolute atomic E-state index is 0.165. The molecule has 0 radical (unpaired) electrons. The first kappa shape index (κ1) is 24.7. The lowest BCUT2D eigenvalue weighted by Gasteiger charge is -2.32. The van der Waals surface area contributed by atoms with Crippen LogP contribution in [0.3, 0.4) is 0 Å². The Balaban J connectivity index is 1.58. The molecule has 2 aromatic rings. The molecule has 2 aliphatic heterocycles. The molecule has 0 saturated carbocycles. The van der Waals surface area contributed by atoms with Crippen LogP contribution < -0.4 is 4.90 Å². The number of aliphatic hydroxyl groups is 1. The molecule has 2 atom stereocenters. The van der Waals surface area contributed by atoms with Gasteiger partial charge >= 0.3 is 0 Å². The van der Waals surface area contributed by atoms with E-state index in [4.69, 9.17) is 20.4 Å². The second kappa shape index (κ2) is 12.4. The molecule has 0 spiro atoms. The quantitative estimate of drug-likeness (QED) is 0.400. The number of terminal acetylenes is 1. The highest BCUT2D eigenvalue weighted by molar-refractivity contribution is 5.68. The Bertz CT molecular complexity index is 912. The molecule has 1 N–H and O–H groups in total. The Morgan fingerprint density at radius 1 is 1.26 bits per heavy atom. The summed E-state index contributed by atoms with van der Waals surface area (Å²) in [6.07, 6.45) is 9.20. The van der Waals surface area contributed by atoms with Crippen LogP contribution in [0.2, 0.25) is 0 Å². The number of aliphatic hydroxyl groups excluding tert-OH is 1. The first-order chi connectivity index (χ1) is 16.6. The molecule has 2 unspecified atom stereocenters. The van der Waals surface area contributed by atoms with Gasteiger partial charge in [-0.25, -0.2) is 0 Å². The van der Waals surface area contributed by atoms with Gasteiger partial charge in [-0.15, -0.1) is 6.42 Å². The van der Waals surface area contributed by atoms with E-state index in [0.29, 0.717) is 13.1 Å². The SMILES string of the molecule is C#CCOCC(O)CN(Cc1c(-c2ccccc2)noc1N1CCC(C)CC1)CC1CCCO1. The fourth-order valence-electron chi connectivity index (χ4n) is 4.83. The number of rotatable bonds is 11. The third kappa shape index (κ3) is 6.61. The van der Waals surface area contributed by atoms with Crippen LogP contribution in [0, 0.1) is 18.3 Å². The van der Waals surface area contributed by atoms with Gasteiger partial charge in [-0.2, -0.15) is 0 Å². The lowest BCUT2D eigenvalue weighted by atomic mass is 9.98. The van der Waals surface area contributed by atoms with E-state index in [2.05, 4.69) is 39.9 Å². The van der Waals surface area contributed by atoms with Gasteiger partial charge in [0.15, 0.2) is 0 Å². The van der Waals surface area contributed by atoms with Gasteiger partial charge in [0.05, 0.1) is 24.4 Å². The van der Waals surface area contributed by atoms with Crippen LogP contribution in [0.5, 0.6) is 0 Å². The van der Waals surface area contributed by atoms with Crippen molar-refractivity contribution >= 4 is 5.88 Å². The lowest BCUT2D eigenvalue weighted by molar-refractivity contribution is 0.00958. The molecular formula is C27H37N3O4. The molecule has 7 nitrogen and oxygen atoms in total. The summed E-state index contributed by atoms with van der Waals surface area (Å²) in [6, 6.07) is 10.2. The number of piperidine rings is 1. The van der Waals surface area contributed by atoms with E-state index in [1.165, 1.54) is 0 Å². The van der Waals surface area contributed by atoms with E-state index in [1.807, 2.05) is 18.2 Å². The highest BCUT2D eigenvalue weighted by Crippen LogP contribution is 2.34. The maximum atomic E-state index is 10.7. The topological polar surface area (TPSA) is 71.2 Å². The number of hydrogen-bond acceptors (Lipinski definition) is 7. The summed E-state index contributed by atoms with van der Waals surface area (Å²) in [5, 5.41) is 15.2. The van der Waals surface area contributed by atoms with E-state index in [-0.39, 0.29) is 19.3 Å². The molecule has 2 aliphatic rings. The summed E-state index contributed by atoms with van der Waals surface area (Å²) in [7, 11) is 0. The predicted molar refractivity (Wildman–Crippen MR) is 132 cm³/mol. The maximum absolute atomic E-state index is 10.7. The molecular weight excluding hydrogens is 430 g/mol. The molecule has 4 rings (SSSR count). The van der Waals surface area contributed by atoms with Gasteiger partial charge in [-0.3, -0.25) is 4.90 Å². The fourth-order valence-corrected chi connectivity index (χ4v) is 4.83. The van der Waals surface area contributed by atoms with Crippen molar-refractivity contribution in [2.45, 2.75) is 51.4 Å². The number of aromatic nitrogens is 1. The number of benzene rings is 1. The molecule has 3 heterocycles. The van der Waals surface area contributed by atoms with Crippen LogP contribution in [0.1, 0.15) is 38.2 Å². The van der Waals surface area contributed by atoms with Gasteiger partial charge in [0.1, 0.15) is 12.3 Å². The average molecular weight is 468 g/mol. The standard InChI is InChI=1S/C27H37N3O4/c1-3-15-32-20-23(31)17-29(18-24-10-7-16-33-24)19-25-26(22-8-5-4-6-9-22)28-34-27(25)30-13-11-21(2)12-14-30/h1,4-6,8-9,21,23-24,31H,7,10-20H2,2H3. The minimum Gasteiger partial charge on any atom is -0.389 e. The normalized spacial score (nSPS) is 20.1. The van der Waals surface area contributed by atoms with Crippen LogP contribution in [-0.4, -0.2) is 73.4 Å². The van der Waals surface area contributed by atoms with Crippen molar-refractivity contribution in [3.8, 4) is 23.6 Å². The fraction of sp³-hybridized carbons (Fsp3) is 0.593. The number of nitrogens with zero attached hydrogens (tertiary/aromatic N) is 3. The largest absolute Gasteiger partial charge is 0.389 e. The molecule has 2 fully saturated rings. The molecule has 2 saturated heterocycles. The number of ether oxygens (including phenoxy) is 2. The van der Waals surface area contributed by atoms with E-state index >= 15 is 0 Å². The number of anilines is 1. The van der Waals surface area contributed by atoms with E-state index in [9.17, 15) is 5.11 Å². The van der Waals surface area contributed by atoms with Crippen LogP contribution in [-0.2, 0) is 16.0 Å². The van der Waals surface area contributed by atoms with E-state index in [1.54, 1.807) is 0 Å². The van der Waals surface area contributed by atoms with Crippen molar-refractivity contribution in [1.82, 2.24) is 10.1 Å². The van der Waals surface area contributed by atoms with Crippen molar-refractivity contribution in [2.75, 3.05) is 50.9 Å². The second-order valence-electron chi connectivity index (χ2n) is 9.55. The lowest BCUT2D eigenvalue weighted by Crippen LogP contribution is -2.40. The third-order valence-electron chi connectivity index (χ3n) is 6.72. The summed E-state index contributed by atoms with van der Waals surface area (Å²) < 4.78 is 17.3. The van der Waals surface area contributed by atoms with Gasteiger partial charge in [0, 0.05) is 44.9 Å². The zero-order valence-corrected chi connectivity index (χ0v) is 20.2. The van der Waals surface area contributed by atoms with E-state index in [0.717, 1.165) is 80.5 Å². The molecule has 0 bridgehead atoms. The van der Waals surface area contributed by atoms with Gasteiger partial charge in [0.25, 0.3) is 0 Å². The van der Waals surface area contributed by atoms with Gasteiger partial charge in [-0.05, 0) is 31.6 Å². The molecule has 184 valence electrons. The summed E-state index contributed by atoms with van der Waals surface area (Å²) in [4.78, 5) is 4.57. The van der Waals surface area contributed by atoms with Crippen molar-refractivity contribution < 1.29 is 19.1 Å². The highest BCUT2D eigenvalue weighted by atomic mass is 16.5. The van der Waals surface area contributed by atoms with Gasteiger partial charge < -0.3 is 24.0 Å².